The van der Waals surface area contributed by atoms with Crippen molar-refractivity contribution >= 4 is 6.29 Å². The number of terminal acetylenes is 1. The molecule has 0 aliphatic heterocycles. The summed E-state index contributed by atoms with van der Waals surface area (Å²) in [5.41, 5.74) is 1.66. The van der Waals surface area contributed by atoms with Crippen LogP contribution in [0.25, 0.3) is 0 Å². The van der Waals surface area contributed by atoms with Crippen LogP contribution >= 0.6 is 0 Å². The Labute approximate surface area is 118 Å². The summed E-state index contributed by atoms with van der Waals surface area (Å²) in [6.07, 6.45) is 5.93. The van der Waals surface area contributed by atoms with Crippen molar-refractivity contribution in [3.05, 3.63) is 59.7 Å². The fourth-order valence-electron chi connectivity index (χ4n) is 1.62. The van der Waals surface area contributed by atoms with Crippen LogP contribution < -0.4 is 9.47 Å². The van der Waals surface area contributed by atoms with E-state index in [0.29, 0.717) is 12.2 Å². The zero-order valence-electron chi connectivity index (χ0n) is 10.9. The first-order valence-electron chi connectivity index (χ1n) is 6.15. The van der Waals surface area contributed by atoms with Crippen LogP contribution in [0, 0.1) is 12.3 Å². The molecule has 0 saturated heterocycles. The minimum Gasteiger partial charge on any atom is -0.489 e. The summed E-state index contributed by atoms with van der Waals surface area (Å²) < 4.78 is 10.9. The Bertz CT molecular complexity index is 592. The van der Waals surface area contributed by atoms with Crippen LogP contribution in [0.2, 0.25) is 0 Å². The molecule has 0 aliphatic rings. The number of rotatable bonds is 6. The van der Waals surface area contributed by atoms with Crippen molar-refractivity contribution in [3.63, 3.8) is 0 Å². The van der Waals surface area contributed by atoms with Gasteiger partial charge in [0.25, 0.3) is 0 Å². The molecule has 0 amide bonds. The summed E-state index contributed by atoms with van der Waals surface area (Å²) in [5, 5.41) is 0. The van der Waals surface area contributed by atoms with Crippen molar-refractivity contribution in [3.8, 4) is 23.8 Å². The van der Waals surface area contributed by atoms with E-state index < -0.39 is 0 Å². The van der Waals surface area contributed by atoms with Crippen molar-refractivity contribution < 1.29 is 14.3 Å². The Morgan fingerprint density at radius 1 is 0.950 bits per heavy atom. The van der Waals surface area contributed by atoms with Crippen molar-refractivity contribution in [1.29, 1.82) is 0 Å². The highest BCUT2D eigenvalue weighted by Crippen LogP contribution is 2.16. The fraction of sp³-hybridized carbons (Fsp3) is 0.118. The number of hydrogen-bond acceptors (Lipinski definition) is 3. The maximum Gasteiger partial charge on any atom is 0.150 e. The van der Waals surface area contributed by atoms with Crippen molar-refractivity contribution in [2.24, 2.45) is 0 Å². The van der Waals surface area contributed by atoms with Crippen LogP contribution in [-0.4, -0.2) is 12.9 Å². The van der Waals surface area contributed by atoms with Gasteiger partial charge in [-0.25, -0.2) is 0 Å². The van der Waals surface area contributed by atoms with E-state index in [1.54, 1.807) is 24.3 Å². The number of carbonyl (C=O) groups excluding carboxylic acids is 1. The molecule has 3 heteroatoms. The predicted octanol–water partition coefficient (Wildman–Crippen LogP) is 3.09. The molecule has 0 aromatic heterocycles. The Balaban J connectivity index is 1.89. The third-order valence-electron chi connectivity index (χ3n) is 2.67. The standard InChI is InChI=1S/C17H14O3/c1-2-11-19-16-9-5-15(6-10-16)13-20-17-7-3-14(12-18)4-8-17/h1,3-10,12H,11,13H2. The maximum absolute atomic E-state index is 10.5. The molecule has 2 aromatic carbocycles. The highest BCUT2D eigenvalue weighted by molar-refractivity contribution is 5.74. The molecule has 2 rings (SSSR count). The molecule has 0 bridgehead atoms. The van der Waals surface area contributed by atoms with Gasteiger partial charge in [0.2, 0.25) is 0 Å². The van der Waals surface area contributed by atoms with Gasteiger partial charge in [-0.05, 0) is 42.0 Å². The molecule has 0 heterocycles. The Morgan fingerprint density at radius 3 is 2.15 bits per heavy atom. The number of hydrogen-bond donors (Lipinski definition) is 0. The third-order valence-corrected chi connectivity index (χ3v) is 2.67. The smallest absolute Gasteiger partial charge is 0.150 e. The lowest BCUT2D eigenvalue weighted by atomic mass is 10.2. The van der Waals surface area contributed by atoms with E-state index in [2.05, 4.69) is 5.92 Å². The van der Waals surface area contributed by atoms with Crippen molar-refractivity contribution in [1.82, 2.24) is 0 Å². The molecule has 0 saturated carbocycles. The second kappa shape index (κ2) is 7.01. The molecule has 0 fully saturated rings. The molecule has 0 aliphatic carbocycles. The fourth-order valence-corrected chi connectivity index (χ4v) is 1.62. The summed E-state index contributed by atoms with van der Waals surface area (Å²) in [6.45, 7) is 0.717. The largest absolute Gasteiger partial charge is 0.489 e. The lowest BCUT2D eigenvalue weighted by Gasteiger charge is -2.07. The Hall–Kier alpha value is -2.73. The highest BCUT2D eigenvalue weighted by Gasteiger charge is 1.98. The average molecular weight is 266 g/mol. The molecule has 100 valence electrons. The van der Waals surface area contributed by atoms with Gasteiger partial charge in [-0.3, -0.25) is 4.79 Å². The topological polar surface area (TPSA) is 35.5 Å². The molecule has 0 N–H and O–H groups in total. The zero-order valence-corrected chi connectivity index (χ0v) is 10.9. The van der Waals surface area contributed by atoms with Gasteiger partial charge in [0, 0.05) is 5.56 Å². The van der Waals surface area contributed by atoms with Crippen molar-refractivity contribution in [2.75, 3.05) is 6.61 Å². The van der Waals surface area contributed by atoms with Crippen LogP contribution in [0.3, 0.4) is 0 Å². The van der Waals surface area contributed by atoms with Crippen LogP contribution in [0.15, 0.2) is 48.5 Å². The maximum atomic E-state index is 10.5. The van der Waals surface area contributed by atoms with Gasteiger partial charge in [-0.15, -0.1) is 6.42 Å². The zero-order chi connectivity index (χ0) is 14.2. The lowest BCUT2D eigenvalue weighted by Crippen LogP contribution is -1.97. The van der Waals surface area contributed by atoms with Crippen LogP contribution in [0.4, 0.5) is 0 Å². The molecule has 0 radical (unpaired) electrons. The van der Waals surface area contributed by atoms with E-state index in [9.17, 15) is 4.79 Å². The molecule has 3 nitrogen and oxygen atoms in total. The Morgan fingerprint density at radius 2 is 1.55 bits per heavy atom. The molecular weight excluding hydrogens is 252 g/mol. The van der Waals surface area contributed by atoms with Gasteiger partial charge in [0.15, 0.2) is 0 Å². The molecule has 0 unspecified atom stereocenters. The summed E-state index contributed by atoms with van der Waals surface area (Å²) in [7, 11) is 0. The lowest BCUT2D eigenvalue weighted by molar-refractivity contribution is 0.112. The summed E-state index contributed by atoms with van der Waals surface area (Å²) in [5.74, 6) is 3.88. The minimum absolute atomic E-state index is 0.263. The first-order chi connectivity index (χ1) is 9.81. The van der Waals surface area contributed by atoms with E-state index in [4.69, 9.17) is 15.9 Å². The number of carbonyl (C=O) groups is 1. The predicted molar refractivity (Wildman–Crippen MR) is 76.9 cm³/mol. The Kier molecular flexibility index (Phi) is 4.80. The van der Waals surface area contributed by atoms with Gasteiger partial charge in [0.05, 0.1) is 0 Å². The summed E-state index contributed by atoms with van der Waals surface area (Å²) >= 11 is 0. The van der Waals surface area contributed by atoms with E-state index >= 15 is 0 Å². The summed E-state index contributed by atoms with van der Waals surface area (Å²) in [6, 6.07) is 14.5. The van der Waals surface area contributed by atoms with Gasteiger partial charge in [-0.1, -0.05) is 18.1 Å². The van der Waals surface area contributed by atoms with Gasteiger partial charge >= 0.3 is 0 Å². The van der Waals surface area contributed by atoms with E-state index in [-0.39, 0.29) is 6.61 Å². The molecular formula is C17H14O3. The summed E-state index contributed by atoms with van der Waals surface area (Å²) in [4.78, 5) is 10.5. The van der Waals surface area contributed by atoms with E-state index in [1.165, 1.54) is 0 Å². The second-order valence-corrected chi connectivity index (χ2v) is 4.11. The SMILES string of the molecule is C#CCOc1ccc(COc2ccc(C=O)cc2)cc1. The molecule has 0 spiro atoms. The highest BCUT2D eigenvalue weighted by atomic mass is 16.5. The van der Waals surface area contributed by atoms with Gasteiger partial charge in [-0.2, -0.15) is 0 Å². The molecule has 0 atom stereocenters. The van der Waals surface area contributed by atoms with Crippen LogP contribution in [0.1, 0.15) is 15.9 Å². The third kappa shape index (κ3) is 3.89. The number of ether oxygens (including phenoxy) is 2. The number of aldehydes is 1. The first-order valence-corrected chi connectivity index (χ1v) is 6.15. The normalized spacial score (nSPS) is 9.55. The average Bonchev–Trinajstić information content (AvgIpc) is 2.52. The van der Waals surface area contributed by atoms with Crippen molar-refractivity contribution in [2.45, 2.75) is 6.61 Å². The quantitative estimate of drug-likeness (QED) is 0.595. The van der Waals surface area contributed by atoms with Gasteiger partial charge < -0.3 is 9.47 Å². The molecule has 2 aromatic rings. The van der Waals surface area contributed by atoms with Crippen LogP contribution in [-0.2, 0) is 6.61 Å². The van der Waals surface area contributed by atoms with Crippen LogP contribution in [0.5, 0.6) is 11.5 Å². The second-order valence-electron chi connectivity index (χ2n) is 4.11. The van der Waals surface area contributed by atoms with E-state index in [1.807, 2.05) is 24.3 Å². The number of benzene rings is 2. The molecule has 20 heavy (non-hydrogen) atoms. The minimum atomic E-state index is 0.263. The monoisotopic (exact) mass is 266 g/mol. The first kappa shape index (κ1) is 13.7. The van der Waals surface area contributed by atoms with Gasteiger partial charge in [0.1, 0.15) is 31.0 Å². The van der Waals surface area contributed by atoms with E-state index in [0.717, 1.165) is 23.3 Å².